The molecule has 0 saturated heterocycles. The molecule has 140 valence electrons. The zero-order valence-corrected chi connectivity index (χ0v) is 14.6. The first kappa shape index (κ1) is 17.9. The van der Waals surface area contributed by atoms with Crippen LogP contribution in [0.4, 0.5) is 24.5 Å². The average molecular weight is 395 g/mol. The molecule has 1 aliphatic heterocycles. The van der Waals surface area contributed by atoms with Gasteiger partial charge in [-0.1, -0.05) is 23.8 Å². The minimum absolute atomic E-state index is 0.0690. The normalized spacial score (nSPS) is 23.5. The van der Waals surface area contributed by atoms with Crippen molar-refractivity contribution in [3.8, 4) is 0 Å². The molecule has 0 bridgehead atoms. The van der Waals surface area contributed by atoms with Crippen molar-refractivity contribution in [1.82, 2.24) is 0 Å². The van der Waals surface area contributed by atoms with Gasteiger partial charge >= 0.3 is 6.18 Å². The summed E-state index contributed by atoms with van der Waals surface area (Å²) in [6.45, 7) is 0. The third-order valence-corrected chi connectivity index (χ3v) is 5.56. The Morgan fingerprint density at radius 3 is 2.63 bits per heavy atom. The van der Waals surface area contributed by atoms with Gasteiger partial charge in [-0.15, -0.1) is 0 Å². The molecule has 0 amide bonds. The van der Waals surface area contributed by atoms with E-state index in [1.54, 1.807) is 0 Å². The molecule has 0 spiro atoms. The van der Waals surface area contributed by atoms with Crippen LogP contribution < -0.4 is 5.32 Å². The molecular weight excluding hydrogens is 381 g/mol. The number of fused-ring (bicyclic) bond motifs is 3. The Labute approximate surface area is 157 Å². The number of nitro benzene ring substituents is 1. The maximum Gasteiger partial charge on any atom is 0.416 e. The van der Waals surface area contributed by atoms with Crippen molar-refractivity contribution >= 4 is 23.0 Å². The molecule has 0 unspecified atom stereocenters. The van der Waals surface area contributed by atoms with Crippen LogP contribution >= 0.6 is 11.6 Å². The lowest BCUT2D eigenvalue weighted by Gasteiger charge is -2.38. The fourth-order valence-electron chi connectivity index (χ4n) is 3.96. The summed E-state index contributed by atoms with van der Waals surface area (Å²) in [6.07, 6.45) is 0.0808. The number of benzene rings is 2. The van der Waals surface area contributed by atoms with Crippen molar-refractivity contribution in [2.24, 2.45) is 5.92 Å². The van der Waals surface area contributed by atoms with E-state index >= 15 is 0 Å². The lowest BCUT2D eigenvalue weighted by atomic mass is 9.76. The second kappa shape index (κ2) is 6.27. The molecular formula is C19H14ClF3N2O2. The highest BCUT2D eigenvalue weighted by Gasteiger charge is 2.40. The summed E-state index contributed by atoms with van der Waals surface area (Å²) in [7, 11) is 0. The van der Waals surface area contributed by atoms with Crippen LogP contribution in [0.15, 0.2) is 48.6 Å². The second-order valence-electron chi connectivity index (χ2n) is 6.74. The van der Waals surface area contributed by atoms with Gasteiger partial charge in [0.2, 0.25) is 0 Å². The van der Waals surface area contributed by atoms with Crippen molar-refractivity contribution in [2.75, 3.05) is 5.32 Å². The molecule has 4 rings (SSSR count). The van der Waals surface area contributed by atoms with E-state index in [1.807, 2.05) is 12.2 Å². The Morgan fingerprint density at radius 2 is 1.93 bits per heavy atom. The van der Waals surface area contributed by atoms with Crippen LogP contribution in [0.3, 0.4) is 0 Å². The van der Waals surface area contributed by atoms with Gasteiger partial charge in [0.05, 0.1) is 16.5 Å². The molecule has 2 aromatic rings. The highest BCUT2D eigenvalue weighted by Crippen LogP contribution is 2.51. The topological polar surface area (TPSA) is 55.2 Å². The van der Waals surface area contributed by atoms with Crippen molar-refractivity contribution in [3.05, 3.63) is 80.4 Å². The molecule has 0 fully saturated rings. The number of nitrogens with zero attached hydrogens (tertiary/aromatic N) is 1. The largest absolute Gasteiger partial charge is 0.416 e. The first-order chi connectivity index (χ1) is 12.8. The first-order valence-electron chi connectivity index (χ1n) is 8.34. The summed E-state index contributed by atoms with van der Waals surface area (Å²) >= 11 is 6.31. The number of nitrogens with one attached hydrogen (secondary N) is 1. The summed E-state index contributed by atoms with van der Waals surface area (Å²) < 4.78 is 39.3. The number of halogens is 4. The van der Waals surface area contributed by atoms with Crippen molar-refractivity contribution in [1.29, 1.82) is 0 Å². The number of anilines is 1. The maximum atomic E-state index is 13.1. The smallest absolute Gasteiger partial charge is 0.378 e. The van der Waals surface area contributed by atoms with Gasteiger partial charge < -0.3 is 5.32 Å². The quantitative estimate of drug-likeness (QED) is 0.380. The van der Waals surface area contributed by atoms with E-state index in [4.69, 9.17) is 11.6 Å². The van der Waals surface area contributed by atoms with Crippen LogP contribution in [0.25, 0.3) is 0 Å². The zero-order valence-electron chi connectivity index (χ0n) is 13.8. The summed E-state index contributed by atoms with van der Waals surface area (Å²) in [4.78, 5) is 10.6. The Kier molecular flexibility index (Phi) is 4.14. The number of non-ortho nitro benzene ring substituents is 1. The Hall–Kier alpha value is -2.54. The molecule has 4 nitrogen and oxygen atoms in total. The highest BCUT2D eigenvalue weighted by molar-refractivity contribution is 6.31. The van der Waals surface area contributed by atoms with Gasteiger partial charge in [0, 0.05) is 34.3 Å². The summed E-state index contributed by atoms with van der Waals surface area (Å²) in [6, 6.07) is 7.56. The van der Waals surface area contributed by atoms with Crippen molar-refractivity contribution in [2.45, 2.75) is 24.6 Å². The number of alkyl halides is 3. The van der Waals surface area contributed by atoms with E-state index in [0.29, 0.717) is 28.3 Å². The molecule has 3 atom stereocenters. The fourth-order valence-corrected chi connectivity index (χ4v) is 4.20. The minimum Gasteiger partial charge on any atom is -0.378 e. The van der Waals surface area contributed by atoms with E-state index in [9.17, 15) is 23.3 Å². The van der Waals surface area contributed by atoms with E-state index < -0.39 is 16.7 Å². The Bertz CT molecular complexity index is 958. The molecule has 27 heavy (non-hydrogen) atoms. The van der Waals surface area contributed by atoms with E-state index in [2.05, 4.69) is 5.32 Å². The monoisotopic (exact) mass is 394 g/mol. The summed E-state index contributed by atoms with van der Waals surface area (Å²) in [5.41, 5.74) is 0.991. The highest BCUT2D eigenvalue weighted by atomic mass is 35.5. The molecule has 8 heteroatoms. The minimum atomic E-state index is -4.41. The van der Waals surface area contributed by atoms with Crippen molar-refractivity contribution in [3.63, 3.8) is 0 Å². The van der Waals surface area contributed by atoms with Gasteiger partial charge in [-0.25, -0.2) is 0 Å². The van der Waals surface area contributed by atoms with Gasteiger partial charge in [-0.3, -0.25) is 10.1 Å². The van der Waals surface area contributed by atoms with Crippen LogP contribution in [0, 0.1) is 16.0 Å². The Morgan fingerprint density at radius 1 is 1.15 bits per heavy atom. The molecule has 2 aliphatic rings. The number of allylic oxidation sites excluding steroid dienone is 2. The van der Waals surface area contributed by atoms with Crippen LogP contribution in [-0.2, 0) is 6.18 Å². The molecule has 1 heterocycles. The summed E-state index contributed by atoms with van der Waals surface area (Å²) in [5.74, 6) is -0.274. The Balaban J connectivity index is 1.79. The molecule has 0 saturated carbocycles. The second-order valence-corrected chi connectivity index (χ2v) is 7.15. The number of hydrogen-bond acceptors (Lipinski definition) is 3. The number of hydrogen-bond donors (Lipinski definition) is 1. The third-order valence-electron chi connectivity index (χ3n) is 5.22. The predicted molar refractivity (Wildman–Crippen MR) is 95.9 cm³/mol. The molecule has 0 radical (unpaired) electrons. The first-order valence-corrected chi connectivity index (χ1v) is 8.71. The molecule has 0 aromatic heterocycles. The van der Waals surface area contributed by atoms with E-state index in [-0.39, 0.29) is 23.6 Å². The van der Waals surface area contributed by atoms with E-state index in [1.165, 1.54) is 30.3 Å². The zero-order chi connectivity index (χ0) is 19.3. The predicted octanol–water partition coefficient (Wildman–Crippen LogP) is 6.09. The lowest BCUT2D eigenvalue weighted by molar-refractivity contribution is -0.384. The van der Waals surface area contributed by atoms with Gasteiger partial charge in [-0.05, 0) is 42.2 Å². The van der Waals surface area contributed by atoms with Gasteiger partial charge in [0.25, 0.3) is 5.69 Å². The maximum absolute atomic E-state index is 13.1. The van der Waals surface area contributed by atoms with Crippen LogP contribution in [0.2, 0.25) is 5.02 Å². The standard InChI is InChI=1S/C19H14ClF3N2O2/c20-16-6-5-11(25(26)27)9-15(16)18-13-3-1-2-12(13)14-8-10(19(21,22)23)4-7-17(14)24-18/h1-2,4-9,12-13,18,24H,3H2/t12-,13-,18+/m0/s1. The summed E-state index contributed by atoms with van der Waals surface area (Å²) in [5, 5.41) is 14.8. The molecule has 1 N–H and O–H groups in total. The van der Waals surface area contributed by atoms with Crippen molar-refractivity contribution < 1.29 is 18.1 Å². The van der Waals surface area contributed by atoms with Crippen LogP contribution in [0.1, 0.15) is 35.1 Å². The number of rotatable bonds is 2. The van der Waals surface area contributed by atoms with Gasteiger partial charge in [-0.2, -0.15) is 13.2 Å². The number of nitro groups is 1. The molecule has 1 aliphatic carbocycles. The van der Waals surface area contributed by atoms with Gasteiger partial charge in [0.15, 0.2) is 0 Å². The van der Waals surface area contributed by atoms with Crippen LogP contribution in [0.5, 0.6) is 0 Å². The average Bonchev–Trinajstić information content (AvgIpc) is 3.10. The van der Waals surface area contributed by atoms with E-state index in [0.717, 1.165) is 6.07 Å². The van der Waals surface area contributed by atoms with Gasteiger partial charge in [0.1, 0.15) is 0 Å². The third kappa shape index (κ3) is 3.06. The fraction of sp³-hybridized carbons (Fsp3) is 0.263. The molecule has 2 aromatic carbocycles. The SMILES string of the molecule is O=[N+]([O-])c1ccc(Cl)c([C@@H]2Nc3ccc(C(F)(F)F)cc3[C@H]3C=CC[C@@H]32)c1. The lowest BCUT2D eigenvalue weighted by Crippen LogP contribution is -2.29. The van der Waals surface area contributed by atoms with Crippen LogP contribution in [-0.4, -0.2) is 4.92 Å².